The van der Waals surface area contributed by atoms with Crippen LogP contribution in [0.15, 0.2) is 53.4 Å². The van der Waals surface area contributed by atoms with Gasteiger partial charge in [0.2, 0.25) is 5.91 Å². The Balaban J connectivity index is 1.73. The van der Waals surface area contributed by atoms with Crippen LogP contribution in [-0.2, 0) is 4.79 Å². The van der Waals surface area contributed by atoms with Crippen LogP contribution in [0.3, 0.4) is 0 Å². The first-order chi connectivity index (χ1) is 12.1. The smallest absolute Gasteiger partial charge is 0.407 e. The second-order valence-electron chi connectivity index (χ2n) is 5.90. The number of nitrogens with one attached hydrogen (secondary N) is 1. The van der Waals surface area contributed by atoms with Crippen molar-refractivity contribution in [1.82, 2.24) is 4.90 Å². The van der Waals surface area contributed by atoms with Gasteiger partial charge in [0, 0.05) is 17.1 Å². The minimum absolute atomic E-state index is 0.267. The molecule has 0 spiro atoms. The van der Waals surface area contributed by atoms with E-state index in [9.17, 15) is 9.59 Å². The summed E-state index contributed by atoms with van der Waals surface area (Å²) < 4.78 is 0. The molecule has 3 rings (SSSR count). The fraction of sp³-hybridized carbons (Fsp3) is 0.263. The lowest BCUT2D eigenvalue weighted by molar-refractivity contribution is -0.119. The molecule has 25 heavy (non-hydrogen) atoms. The number of thioether (sulfide) groups is 1. The number of likely N-dealkylation sites (tertiary alicyclic amines) is 1. The van der Waals surface area contributed by atoms with Gasteiger partial charge >= 0.3 is 6.09 Å². The molecule has 1 atom stereocenters. The molecule has 1 aliphatic heterocycles. The lowest BCUT2D eigenvalue weighted by Gasteiger charge is -2.20. The van der Waals surface area contributed by atoms with Crippen molar-refractivity contribution in [2.75, 3.05) is 18.1 Å². The van der Waals surface area contributed by atoms with E-state index in [2.05, 4.69) is 17.4 Å². The summed E-state index contributed by atoms with van der Waals surface area (Å²) in [7, 11) is 0. The number of hydrogen-bond acceptors (Lipinski definition) is 3. The molecular weight excluding hydrogens is 336 g/mol. The first-order valence-corrected chi connectivity index (χ1v) is 9.36. The van der Waals surface area contributed by atoms with Crippen LogP contribution in [-0.4, -0.2) is 40.8 Å². The van der Waals surface area contributed by atoms with Crippen LogP contribution in [0.25, 0.3) is 11.1 Å². The predicted octanol–water partition coefficient (Wildman–Crippen LogP) is 4.16. The molecule has 1 saturated heterocycles. The molecule has 0 aliphatic carbocycles. The van der Waals surface area contributed by atoms with Crippen LogP contribution in [0.4, 0.5) is 10.5 Å². The minimum Gasteiger partial charge on any atom is -0.465 e. The van der Waals surface area contributed by atoms with Gasteiger partial charge in [0.15, 0.2) is 0 Å². The van der Waals surface area contributed by atoms with E-state index in [1.807, 2.05) is 42.7 Å². The predicted molar refractivity (Wildman–Crippen MR) is 100 cm³/mol. The Labute approximate surface area is 151 Å². The van der Waals surface area contributed by atoms with E-state index in [-0.39, 0.29) is 5.91 Å². The number of nitrogens with zero attached hydrogens (tertiary/aromatic N) is 1. The molecule has 5 nitrogen and oxygen atoms in total. The van der Waals surface area contributed by atoms with Crippen molar-refractivity contribution in [3.8, 4) is 11.1 Å². The summed E-state index contributed by atoms with van der Waals surface area (Å²) in [6.07, 6.45) is 2.29. The second-order valence-corrected chi connectivity index (χ2v) is 6.75. The molecule has 0 saturated carbocycles. The van der Waals surface area contributed by atoms with Crippen molar-refractivity contribution < 1.29 is 14.7 Å². The van der Waals surface area contributed by atoms with E-state index in [0.717, 1.165) is 17.5 Å². The summed E-state index contributed by atoms with van der Waals surface area (Å²) in [4.78, 5) is 25.9. The highest BCUT2D eigenvalue weighted by molar-refractivity contribution is 7.98. The number of carbonyl (C=O) groups excluding carboxylic acids is 1. The number of rotatable bonds is 4. The molecular formula is C19H20N2O3S. The van der Waals surface area contributed by atoms with E-state index < -0.39 is 12.1 Å². The summed E-state index contributed by atoms with van der Waals surface area (Å²) in [5.41, 5.74) is 2.91. The third kappa shape index (κ3) is 3.79. The standard InChI is InChI=1S/C19H20N2O3S/c1-25-17-7-3-2-5-15(17)13-8-10-14(11-9-13)20-18(22)16-6-4-12-21(16)19(23)24/h2-3,5,7-11,16H,4,6,12H2,1H3,(H,20,22)(H,23,24). The maximum atomic E-state index is 12.4. The molecule has 6 heteroatoms. The topological polar surface area (TPSA) is 69.6 Å². The number of carboxylic acid groups (broad SMARTS) is 1. The van der Waals surface area contributed by atoms with Crippen LogP contribution in [0.2, 0.25) is 0 Å². The average Bonchev–Trinajstić information content (AvgIpc) is 3.12. The molecule has 2 N–H and O–H groups in total. The Morgan fingerprint density at radius 3 is 2.56 bits per heavy atom. The molecule has 1 fully saturated rings. The summed E-state index contributed by atoms with van der Waals surface area (Å²) >= 11 is 1.69. The number of carbonyl (C=O) groups is 2. The van der Waals surface area contributed by atoms with E-state index >= 15 is 0 Å². The van der Waals surface area contributed by atoms with Crippen LogP contribution < -0.4 is 5.32 Å². The fourth-order valence-electron chi connectivity index (χ4n) is 3.11. The van der Waals surface area contributed by atoms with E-state index in [1.165, 1.54) is 9.80 Å². The quantitative estimate of drug-likeness (QED) is 0.807. The monoisotopic (exact) mass is 356 g/mol. The zero-order valence-corrected chi connectivity index (χ0v) is 14.8. The summed E-state index contributed by atoms with van der Waals surface area (Å²) in [5, 5.41) is 12.0. The number of benzene rings is 2. The van der Waals surface area contributed by atoms with Crippen molar-refractivity contribution in [2.45, 2.75) is 23.8 Å². The van der Waals surface area contributed by atoms with Gasteiger partial charge in [0.25, 0.3) is 0 Å². The van der Waals surface area contributed by atoms with Crippen molar-refractivity contribution in [3.05, 3.63) is 48.5 Å². The van der Waals surface area contributed by atoms with Gasteiger partial charge in [-0.3, -0.25) is 9.69 Å². The zero-order valence-electron chi connectivity index (χ0n) is 13.9. The van der Waals surface area contributed by atoms with Crippen LogP contribution >= 0.6 is 11.8 Å². The van der Waals surface area contributed by atoms with E-state index in [0.29, 0.717) is 18.7 Å². The summed E-state index contributed by atoms with van der Waals surface area (Å²) in [5.74, 6) is -0.267. The lowest BCUT2D eigenvalue weighted by Crippen LogP contribution is -2.42. The normalized spacial score (nSPS) is 16.7. The Hall–Kier alpha value is -2.47. The number of hydrogen-bond donors (Lipinski definition) is 2. The Bertz CT molecular complexity index is 776. The Morgan fingerprint density at radius 2 is 1.88 bits per heavy atom. The molecule has 1 heterocycles. The number of amides is 2. The molecule has 1 aliphatic rings. The van der Waals surface area contributed by atoms with E-state index in [4.69, 9.17) is 5.11 Å². The highest BCUT2D eigenvalue weighted by atomic mass is 32.2. The molecule has 2 aromatic carbocycles. The molecule has 0 aromatic heterocycles. The zero-order chi connectivity index (χ0) is 17.8. The van der Waals surface area contributed by atoms with E-state index in [1.54, 1.807) is 11.8 Å². The molecule has 2 amide bonds. The van der Waals surface area contributed by atoms with Gasteiger partial charge in [0.05, 0.1) is 0 Å². The SMILES string of the molecule is CSc1ccccc1-c1ccc(NC(=O)C2CCCN2C(=O)O)cc1. The van der Waals surface area contributed by atoms with Gasteiger partial charge < -0.3 is 10.4 Å². The molecule has 1 unspecified atom stereocenters. The van der Waals surface area contributed by atoms with Crippen molar-refractivity contribution >= 4 is 29.4 Å². The Kier molecular flexibility index (Phi) is 5.28. The van der Waals surface area contributed by atoms with Crippen LogP contribution in [0.1, 0.15) is 12.8 Å². The third-order valence-corrected chi connectivity index (χ3v) is 5.17. The summed E-state index contributed by atoms with van der Waals surface area (Å²) in [6.45, 7) is 0.415. The van der Waals surface area contributed by atoms with Crippen LogP contribution in [0, 0.1) is 0 Å². The summed E-state index contributed by atoms with van der Waals surface area (Å²) in [6, 6.07) is 15.2. The van der Waals surface area contributed by atoms with Gasteiger partial charge in [-0.1, -0.05) is 30.3 Å². The largest absolute Gasteiger partial charge is 0.465 e. The van der Waals surface area contributed by atoms with Crippen molar-refractivity contribution in [2.24, 2.45) is 0 Å². The molecule has 2 aromatic rings. The number of anilines is 1. The second kappa shape index (κ2) is 7.61. The molecule has 0 bridgehead atoms. The fourth-order valence-corrected chi connectivity index (χ4v) is 3.73. The van der Waals surface area contributed by atoms with Gasteiger partial charge in [-0.2, -0.15) is 0 Å². The first kappa shape index (κ1) is 17.4. The molecule has 130 valence electrons. The average molecular weight is 356 g/mol. The molecule has 0 radical (unpaired) electrons. The Morgan fingerprint density at radius 1 is 1.16 bits per heavy atom. The first-order valence-electron chi connectivity index (χ1n) is 8.14. The third-order valence-electron chi connectivity index (χ3n) is 4.37. The maximum Gasteiger partial charge on any atom is 0.407 e. The van der Waals surface area contributed by atoms with Gasteiger partial charge in [-0.05, 0) is 48.4 Å². The van der Waals surface area contributed by atoms with Crippen molar-refractivity contribution in [1.29, 1.82) is 0 Å². The highest BCUT2D eigenvalue weighted by Crippen LogP contribution is 2.30. The minimum atomic E-state index is -1.04. The lowest BCUT2D eigenvalue weighted by atomic mass is 10.1. The maximum absolute atomic E-state index is 12.4. The van der Waals surface area contributed by atoms with Crippen molar-refractivity contribution in [3.63, 3.8) is 0 Å². The highest BCUT2D eigenvalue weighted by Gasteiger charge is 2.33. The van der Waals surface area contributed by atoms with Gasteiger partial charge in [0.1, 0.15) is 6.04 Å². The van der Waals surface area contributed by atoms with Gasteiger partial charge in [-0.15, -0.1) is 11.8 Å². The van der Waals surface area contributed by atoms with Gasteiger partial charge in [-0.25, -0.2) is 4.79 Å². The van der Waals surface area contributed by atoms with Crippen LogP contribution in [0.5, 0.6) is 0 Å².